The Labute approximate surface area is 147 Å². The quantitative estimate of drug-likeness (QED) is 0.708. The number of pyridine rings is 1. The summed E-state index contributed by atoms with van der Waals surface area (Å²) in [6, 6.07) is 26.5. The predicted molar refractivity (Wildman–Crippen MR) is 104 cm³/mol. The van der Waals surface area contributed by atoms with Gasteiger partial charge in [-0.15, -0.1) is 0 Å². The third kappa shape index (κ3) is 3.66. The fraction of sp³-hybridized carbons (Fsp3) is 0.0909. The lowest BCUT2D eigenvalue weighted by molar-refractivity contribution is 1.02. The van der Waals surface area contributed by atoms with Crippen molar-refractivity contribution in [1.29, 1.82) is 0 Å². The van der Waals surface area contributed by atoms with Crippen LogP contribution in [0.3, 0.4) is 0 Å². The van der Waals surface area contributed by atoms with E-state index in [0.717, 1.165) is 41.4 Å². The molecule has 1 aliphatic rings. The van der Waals surface area contributed by atoms with Crippen molar-refractivity contribution in [3.05, 3.63) is 96.3 Å². The Hall–Kier alpha value is -3.20. The largest absolute Gasteiger partial charge is 0.325 e. The van der Waals surface area contributed by atoms with Crippen LogP contribution in [-0.4, -0.2) is 10.7 Å². The van der Waals surface area contributed by atoms with Gasteiger partial charge in [-0.2, -0.15) is 0 Å². The van der Waals surface area contributed by atoms with Crippen molar-refractivity contribution in [3.8, 4) is 11.3 Å². The second kappa shape index (κ2) is 7.14. The van der Waals surface area contributed by atoms with Crippen molar-refractivity contribution in [2.24, 2.45) is 4.99 Å². The first-order chi connectivity index (χ1) is 12.4. The summed E-state index contributed by atoms with van der Waals surface area (Å²) >= 11 is 0. The summed E-state index contributed by atoms with van der Waals surface area (Å²) in [7, 11) is 0. The van der Waals surface area contributed by atoms with Crippen LogP contribution >= 0.6 is 0 Å². The van der Waals surface area contributed by atoms with E-state index < -0.39 is 0 Å². The lowest BCUT2D eigenvalue weighted by Gasteiger charge is -2.15. The van der Waals surface area contributed by atoms with E-state index in [9.17, 15) is 0 Å². The van der Waals surface area contributed by atoms with E-state index in [0.29, 0.717) is 0 Å². The van der Waals surface area contributed by atoms with Crippen LogP contribution in [0.5, 0.6) is 0 Å². The summed E-state index contributed by atoms with van der Waals surface area (Å²) in [5.41, 5.74) is 4.36. The average Bonchev–Trinajstić information content (AvgIpc) is 2.70. The van der Waals surface area contributed by atoms with Gasteiger partial charge >= 0.3 is 0 Å². The van der Waals surface area contributed by atoms with Crippen LogP contribution in [-0.2, 0) is 0 Å². The minimum atomic E-state index is 0.811. The Kier molecular flexibility index (Phi) is 4.38. The first kappa shape index (κ1) is 15.3. The molecule has 0 spiro atoms. The highest BCUT2D eigenvalue weighted by Crippen LogP contribution is 2.21. The molecule has 25 heavy (non-hydrogen) atoms. The highest BCUT2D eigenvalue weighted by Gasteiger charge is 2.10. The van der Waals surface area contributed by atoms with E-state index in [1.807, 2.05) is 54.6 Å². The number of allylic oxidation sites excluding steroid dienone is 1. The van der Waals surface area contributed by atoms with Gasteiger partial charge in [0.1, 0.15) is 11.6 Å². The lowest BCUT2D eigenvalue weighted by atomic mass is 10.0. The molecule has 1 aliphatic heterocycles. The van der Waals surface area contributed by atoms with Gasteiger partial charge in [0.2, 0.25) is 0 Å². The zero-order valence-corrected chi connectivity index (χ0v) is 13.9. The third-order valence-electron chi connectivity index (χ3n) is 4.16. The molecule has 2 aromatic carbocycles. The summed E-state index contributed by atoms with van der Waals surface area (Å²) in [6.45, 7) is 0. The number of benzene rings is 2. The Balaban J connectivity index is 1.56. The molecule has 0 aliphatic carbocycles. The molecule has 0 fully saturated rings. The Morgan fingerprint density at radius 1 is 0.720 bits per heavy atom. The molecule has 0 bridgehead atoms. The van der Waals surface area contributed by atoms with Crippen molar-refractivity contribution in [2.75, 3.05) is 5.32 Å². The molecule has 122 valence electrons. The predicted octanol–water partition coefficient (Wildman–Crippen LogP) is 5.29. The third-order valence-corrected chi connectivity index (χ3v) is 4.16. The van der Waals surface area contributed by atoms with E-state index in [4.69, 9.17) is 9.98 Å². The van der Waals surface area contributed by atoms with Crippen molar-refractivity contribution in [1.82, 2.24) is 4.98 Å². The normalized spacial score (nSPS) is 13.8. The summed E-state index contributed by atoms with van der Waals surface area (Å²) in [6.07, 6.45) is 4.07. The fourth-order valence-corrected chi connectivity index (χ4v) is 2.92. The molecule has 1 N–H and O–H groups in total. The minimum Gasteiger partial charge on any atom is -0.325 e. The summed E-state index contributed by atoms with van der Waals surface area (Å²) in [4.78, 5) is 9.49. The van der Waals surface area contributed by atoms with Crippen LogP contribution in [0, 0.1) is 0 Å². The number of nitrogens with zero attached hydrogens (tertiary/aromatic N) is 2. The minimum absolute atomic E-state index is 0.811. The number of rotatable bonds is 4. The SMILES string of the molecule is C1=C(Nc2cccc(-c3ccccc3)n2)N=C(c2ccccc2)CC1. The maximum atomic E-state index is 4.78. The maximum Gasteiger partial charge on any atom is 0.132 e. The van der Waals surface area contributed by atoms with Gasteiger partial charge in [-0.25, -0.2) is 9.98 Å². The topological polar surface area (TPSA) is 37.3 Å². The Morgan fingerprint density at radius 2 is 1.44 bits per heavy atom. The first-order valence-corrected chi connectivity index (χ1v) is 8.51. The molecular weight excluding hydrogens is 306 g/mol. The number of aromatic nitrogens is 1. The zero-order valence-electron chi connectivity index (χ0n) is 13.9. The van der Waals surface area contributed by atoms with Crippen LogP contribution in [0.1, 0.15) is 18.4 Å². The molecule has 0 atom stereocenters. The summed E-state index contributed by atoms with van der Waals surface area (Å²) < 4.78 is 0. The molecular formula is C22H19N3. The molecule has 0 radical (unpaired) electrons. The summed E-state index contributed by atoms with van der Waals surface area (Å²) in [5.74, 6) is 1.67. The second-order valence-corrected chi connectivity index (χ2v) is 5.95. The van der Waals surface area contributed by atoms with Gasteiger partial charge in [0, 0.05) is 5.56 Å². The molecule has 0 unspecified atom stereocenters. The zero-order chi connectivity index (χ0) is 16.9. The molecule has 1 aromatic heterocycles. The molecule has 4 rings (SSSR count). The van der Waals surface area contributed by atoms with Crippen LogP contribution in [0.15, 0.2) is 95.8 Å². The monoisotopic (exact) mass is 325 g/mol. The molecule has 2 heterocycles. The highest BCUT2D eigenvalue weighted by atomic mass is 15.1. The second-order valence-electron chi connectivity index (χ2n) is 5.95. The molecule has 3 nitrogen and oxygen atoms in total. The Bertz CT molecular complexity index is 912. The molecule has 3 heteroatoms. The number of hydrogen-bond acceptors (Lipinski definition) is 3. The Morgan fingerprint density at radius 3 is 2.20 bits per heavy atom. The molecule has 0 amide bonds. The first-order valence-electron chi connectivity index (χ1n) is 8.51. The number of nitrogens with one attached hydrogen (secondary N) is 1. The van der Waals surface area contributed by atoms with E-state index >= 15 is 0 Å². The van der Waals surface area contributed by atoms with Crippen LogP contribution < -0.4 is 5.32 Å². The maximum absolute atomic E-state index is 4.78. The molecule has 0 saturated carbocycles. The van der Waals surface area contributed by atoms with Gasteiger partial charge in [-0.05, 0) is 36.6 Å². The standard InChI is InChI=1S/C22H19N3/c1-3-9-17(10-4-1)19-13-7-15-21(23-19)25-22-16-8-14-20(24-22)18-11-5-2-6-12-18/h1-7,9-13,15-16H,8,14H2,(H,23,25). The van der Waals surface area contributed by atoms with E-state index in [2.05, 4.69) is 35.7 Å². The van der Waals surface area contributed by atoms with E-state index in [1.165, 1.54) is 5.56 Å². The number of hydrogen-bond donors (Lipinski definition) is 1. The van der Waals surface area contributed by atoms with Crippen molar-refractivity contribution < 1.29 is 0 Å². The van der Waals surface area contributed by atoms with Gasteiger partial charge in [0.15, 0.2) is 0 Å². The van der Waals surface area contributed by atoms with E-state index in [1.54, 1.807) is 0 Å². The van der Waals surface area contributed by atoms with Crippen molar-refractivity contribution in [2.45, 2.75) is 12.8 Å². The molecule has 0 saturated heterocycles. The van der Waals surface area contributed by atoms with Crippen molar-refractivity contribution in [3.63, 3.8) is 0 Å². The van der Waals surface area contributed by atoms with E-state index in [-0.39, 0.29) is 0 Å². The van der Waals surface area contributed by atoms with Crippen molar-refractivity contribution >= 4 is 11.5 Å². The van der Waals surface area contributed by atoms with Gasteiger partial charge in [0.05, 0.1) is 11.4 Å². The van der Waals surface area contributed by atoms with Crippen LogP contribution in [0.25, 0.3) is 11.3 Å². The number of aliphatic imine (C=N–C) groups is 1. The fourth-order valence-electron chi connectivity index (χ4n) is 2.92. The van der Waals surface area contributed by atoms with Crippen LogP contribution in [0.4, 0.5) is 5.82 Å². The average molecular weight is 325 g/mol. The van der Waals surface area contributed by atoms with Gasteiger partial charge in [0.25, 0.3) is 0 Å². The summed E-state index contributed by atoms with van der Waals surface area (Å²) in [5, 5.41) is 3.35. The lowest BCUT2D eigenvalue weighted by Crippen LogP contribution is -2.10. The van der Waals surface area contributed by atoms with Gasteiger partial charge in [-0.3, -0.25) is 0 Å². The number of anilines is 1. The van der Waals surface area contributed by atoms with Gasteiger partial charge in [-0.1, -0.05) is 66.7 Å². The van der Waals surface area contributed by atoms with Gasteiger partial charge < -0.3 is 5.32 Å². The molecule has 3 aromatic rings. The highest BCUT2D eigenvalue weighted by molar-refractivity contribution is 6.01. The van der Waals surface area contributed by atoms with Crippen LogP contribution in [0.2, 0.25) is 0 Å². The smallest absolute Gasteiger partial charge is 0.132 e.